The summed E-state index contributed by atoms with van der Waals surface area (Å²) in [6.07, 6.45) is 0.639. The molecule has 8 nitrogen and oxygen atoms in total. The zero-order valence-electron chi connectivity index (χ0n) is 14.5. The van der Waals surface area contributed by atoms with Gasteiger partial charge in [0.1, 0.15) is 0 Å². The van der Waals surface area contributed by atoms with Crippen molar-refractivity contribution in [3.63, 3.8) is 0 Å². The first-order valence-corrected chi connectivity index (χ1v) is 11.0. The van der Waals surface area contributed by atoms with E-state index in [0.29, 0.717) is 31.7 Å². The molecule has 1 aromatic carbocycles. The minimum atomic E-state index is -3.76. The van der Waals surface area contributed by atoms with Crippen molar-refractivity contribution in [3.8, 4) is 0 Å². The van der Waals surface area contributed by atoms with Gasteiger partial charge in [-0.25, -0.2) is 21.6 Å². The van der Waals surface area contributed by atoms with Crippen LogP contribution in [0, 0.1) is 6.92 Å². The minimum Gasteiger partial charge on any atom is -0.379 e. The van der Waals surface area contributed by atoms with E-state index in [0.717, 1.165) is 0 Å². The number of ether oxygens (including phenoxy) is 1. The molecule has 0 unspecified atom stereocenters. The first-order chi connectivity index (χ1) is 11.8. The summed E-state index contributed by atoms with van der Waals surface area (Å²) in [7, 11) is -5.72. The Morgan fingerprint density at radius 2 is 1.80 bits per heavy atom. The van der Waals surface area contributed by atoms with Crippen LogP contribution in [0.1, 0.15) is 12.0 Å². The predicted octanol–water partition coefficient (Wildman–Crippen LogP) is -0.0963. The van der Waals surface area contributed by atoms with Crippen LogP contribution in [0.4, 0.5) is 0 Å². The summed E-state index contributed by atoms with van der Waals surface area (Å²) in [5.41, 5.74) is 0.514. The molecule has 2 N–H and O–H groups in total. The second-order valence-electron chi connectivity index (χ2n) is 5.80. The zero-order valence-corrected chi connectivity index (χ0v) is 16.1. The second-order valence-corrected chi connectivity index (χ2v) is 9.47. The van der Waals surface area contributed by atoms with Gasteiger partial charge in [0.25, 0.3) is 0 Å². The molecule has 0 spiro atoms. The molecule has 1 heterocycles. The third-order valence-electron chi connectivity index (χ3n) is 3.95. The molecule has 0 amide bonds. The molecule has 1 aliphatic rings. The van der Waals surface area contributed by atoms with E-state index in [1.54, 1.807) is 14.0 Å². The van der Waals surface area contributed by atoms with Crippen LogP contribution in [-0.2, 0) is 24.8 Å². The zero-order chi connectivity index (χ0) is 18.5. The van der Waals surface area contributed by atoms with E-state index < -0.39 is 20.0 Å². The molecule has 1 aromatic rings. The molecule has 25 heavy (non-hydrogen) atoms. The highest BCUT2D eigenvalue weighted by Crippen LogP contribution is 2.24. The van der Waals surface area contributed by atoms with Crippen molar-refractivity contribution in [2.24, 2.45) is 0 Å². The first-order valence-electron chi connectivity index (χ1n) is 8.12. The Morgan fingerprint density at radius 3 is 2.44 bits per heavy atom. The first kappa shape index (κ1) is 20.3. The monoisotopic (exact) mass is 391 g/mol. The Morgan fingerprint density at radius 1 is 1.12 bits per heavy atom. The quantitative estimate of drug-likeness (QED) is 0.600. The molecule has 0 aliphatic carbocycles. The van der Waals surface area contributed by atoms with E-state index in [1.807, 2.05) is 0 Å². The molecule has 1 fully saturated rings. The normalized spacial score (nSPS) is 16.9. The Labute approximate surface area is 149 Å². The molecule has 0 radical (unpaired) electrons. The number of benzene rings is 1. The number of morpholine rings is 1. The lowest BCUT2D eigenvalue weighted by Gasteiger charge is -2.26. The molecule has 0 bridgehead atoms. The van der Waals surface area contributed by atoms with E-state index in [2.05, 4.69) is 10.0 Å². The predicted molar refractivity (Wildman–Crippen MR) is 94.5 cm³/mol. The van der Waals surface area contributed by atoms with E-state index in [1.165, 1.54) is 22.5 Å². The molecular weight excluding hydrogens is 366 g/mol. The van der Waals surface area contributed by atoms with Crippen LogP contribution in [0.5, 0.6) is 0 Å². The second kappa shape index (κ2) is 8.56. The van der Waals surface area contributed by atoms with Gasteiger partial charge >= 0.3 is 0 Å². The highest BCUT2D eigenvalue weighted by Gasteiger charge is 2.29. The summed E-state index contributed by atoms with van der Waals surface area (Å²) >= 11 is 0. The van der Waals surface area contributed by atoms with Gasteiger partial charge in [0.2, 0.25) is 20.0 Å². The van der Waals surface area contributed by atoms with Gasteiger partial charge in [-0.15, -0.1) is 0 Å². The fourth-order valence-electron chi connectivity index (χ4n) is 2.51. The van der Waals surface area contributed by atoms with Gasteiger partial charge in [-0.2, -0.15) is 4.31 Å². The third kappa shape index (κ3) is 4.99. The number of nitrogens with one attached hydrogen (secondary N) is 2. The number of hydrogen-bond donors (Lipinski definition) is 2. The summed E-state index contributed by atoms with van der Waals surface area (Å²) in [4.78, 5) is -0.0260. The molecule has 0 aromatic heterocycles. The number of nitrogens with zero attached hydrogens (tertiary/aromatic N) is 1. The van der Waals surface area contributed by atoms with Gasteiger partial charge in [0, 0.05) is 19.6 Å². The van der Waals surface area contributed by atoms with Crippen LogP contribution < -0.4 is 10.0 Å². The number of aryl methyl sites for hydroxylation is 1. The number of rotatable bonds is 8. The lowest BCUT2D eigenvalue weighted by atomic mass is 10.2. The van der Waals surface area contributed by atoms with Crippen molar-refractivity contribution in [2.75, 3.05) is 46.4 Å². The van der Waals surface area contributed by atoms with Crippen molar-refractivity contribution >= 4 is 20.0 Å². The van der Waals surface area contributed by atoms with Crippen LogP contribution in [0.3, 0.4) is 0 Å². The van der Waals surface area contributed by atoms with E-state index >= 15 is 0 Å². The molecular formula is C15H25N3O5S2. The summed E-state index contributed by atoms with van der Waals surface area (Å²) < 4.78 is 59.5. The summed E-state index contributed by atoms with van der Waals surface area (Å²) in [6.45, 7) is 3.83. The molecule has 1 saturated heterocycles. The summed E-state index contributed by atoms with van der Waals surface area (Å²) in [5, 5.41) is 2.94. The molecule has 142 valence electrons. The smallest absolute Gasteiger partial charge is 0.243 e. The number of hydrogen-bond acceptors (Lipinski definition) is 6. The van der Waals surface area contributed by atoms with E-state index in [-0.39, 0.29) is 29.4 Å². The minimum absolute atomic E-state index is 0.0208. The van der Waals surface area contributed by atoms with E-state index in [9.17, 15) is 16.8 Å². The van der Waals surface area contributed by atoms with Crippen LogP contribution in [0.2, 0.25) is 0 Å². The maximum Gasteiger partial charge on any atom is 0.243 e. The average Bonchev–Trinajstić information content (AvgIpc) is 2.59. The maximum absolute atomic E-state index is 12.8. The van der Waals surface area contributed by atoms with Gasteiger partial charge < -0.3 is 10.1 Å². The Balaban J connectivity index is 2.27. The molecule has 0 atom stereocenters. The van der Waals surface area contributed by atoms with Gasteiger partial charge in [0.15, 0.2) is 0 Å². The maximum atomic E-state index is 12.8. The number of sulfonamides is 2. The average molecular weight is 392 g/mol. The van der Waals surface area contributed by atoms with Crippen molar-refractivity contribution < 1.29 is 21.6 Å². The fraction of sp³-hybridized carbons (Fsp3) is 0.600. The highest BCUT2D eigenvalue weighted by atomic mass is 32.2. The third-order valence-corrected chi connectivity index (χ3v) is 7.45. The molecule has 2 rings (SSSR count). The Hall–Kier alpha value is -1.04. The van der Waals surface area contributed by atoms with Crippen molar-refractivity contribution in [1.29, 1.82) is 0 Å². The lowest BCUT2D eigenvalue weighted by Crippen LogP contribution is -2.40. The van der Waals surface area contributed by atoms with Crippen LogP contribution in [0.25, 0.3) is 0 Å². The van der Waals surface area contributed by atoms with Gasteiger partial charge in [-0.1, -0.05) is 6.07 Å². The topological polar surface area (TPSA) is 105 Å². The van der Waals surface area contributed by atoms with Gasteiger partial charge in [-0.3, -0.25) is 0 Å². The molecule has 1 aliphatic heterocycles. The Kier molecular flexibility index (Phi) is 6.94. The van der Waals surface area contributed by atoms with Crippen molar-refractivity contribution in [3.05, 3.63) is 23.8 Å². The van der Waals surface area contributed by atoms with Crippen LogP contribution in [-0.4, -0.2) is 67.6 Å². The van der Waals surface area contributed by atoms with Gasteiger partial charge in [-0.05, 0) is 44.6 Å². The molecule has 0 saturated carbocycles. The molecule has 10 heteroatoms. The van der Waals surface area contributed by atoms with Crippen molar-refractivity contribution in [1.82, 2.24) is 14.3 Å². The lowest BCUT2D eigenvalue weighted by molar-refractivity contribution is 0.0730. The van der Waals surface area contributed by atoms with Gasteiger partial charge in [0.05, 0.1) is 23.0 Å². The summed E-state index contributed by atoms with van der Waals surface area (Å²) in [5.74, 6) is 0. The van der Waals surface area contributed by atoms with Crippen molar-refractivity contribution in [2.45, 2.75) is 23.1 Å². The Bertz CT molecular complexity index is 787. The van der Waals surface area contributed by atoms with E-state index in [4.69, 9.17) is 4.74 Å². The van der Waals surface area contributed by atoms with Crippen LogP contribution >= 0.6 is 0 Å². The summed E-state index contributed by atoms with van der Waals surface area (Å²) in [6, 6.07) is 4.18. The largest absolute Gasteiger partial charge is 0.379 e. The fourth-order valence-corrected chi connectivity index (χ4v) is 5.34. The standard InChI is InChI=1S/C15H25N3O5S2/c1-13-4-5-14(24(19,20)17-7-3-6-16-2)12-15(13)25(21,22)18-8-10-23-11-9-18/h4-5,12,16-17H,3,6-11H2,1-2H3. The van der Waals surface area contributed by atoms with Crippen LogP contribution in [0.15, 0.2) is 28.0 Å². The highest BCUT2D eigenvalue weighted by molar-refractivity contribution is 7.90. The SMILES string of the molecule is CNCCCNS(=O)(=O)c1ccc(C)c(S(=O)(=O)N2CCOCC2)c1.